The van der Waals surface area contributed by atoms with Crippen LogP contribution in [0.3, 0.4) is 0 Å². The number of benzene rings is 3. The first kappa shape index (κ1) is 23.1. The van der Waals surface area contributed by atoms with E-state index in [1.807, 2.05) is 78.9 Å². The highest BCUT2D eigenvalue weighted by atomic mass is 32.2. The van der Waals surface area contributed by atoms with E-state index in [0.717, 1.165) is 41.0 Å². The van der Waals surface area contributed by atoms with Gasteiger partial charge in [0.2, 0.25) is 5.91 Å². The lowest BCUT2D eigenvalue weighted by atomic mass is 9.69. The second kappa shape index (κ2) is 9.55. The van der Waals surface area contributed by atoms with Crippen molar-refractivity contribution < 1.29 is 4.79 Å². The maximum absolute atomic E-state index is 13.4. The average molecular weight is 482 g/mol. The molecule has 1 atom stereocenters. The molecule has 6 heteroatoms. The van der Waals surface area contributed by atoms with Crippen LogP contribution in [0.2, 0.25) is 0 Å². The Labute approximate surface area is 209 Å². The number of aromatic amines is 1. The van der Waals surface area contributed by atoms with Crippen LogP contribution < -0.4 is 10.5 Å². The molecule has 5 nitrogen and oxygen atoms in total. The number of anilines is 2. The lowest BCUT2D eigenvalue weighted by molar-refractivity contribution is -0.115. The SMILES string of the molecule is CC[C@@]1(C)Cc2ccccc2-c2nc(SCC(=O)N(c3ccccc3)c3ccccc3)[nH]c(=O)c21. The summed E-state index contributed by atoms with van der Waals surface area (Å²) < 4.78 is 0. The van der Waals surface area contributed by atoms with E-state index in [0.29, 0.717) is 5.16 Å². The fraction of sp³-hybridized carbons (Fsp3) is 0.207. The first-order valence-electron chi connectivity index (χ1n) is 11.8. The molecular weight excluding hydrogens is 454 g/mol. The third-order valence-electron chi connectivity index (χ3n) is 6.75. The Morgan fingerprint density at radius 1 is 0.971 bits per heavy atom. The summed E-state index contributed by atoms with van der Waals surface area (Å²) in [6.45, 7) is 4.24. The Bertz CT molecular complexity index is 1380. The van der Waals surface area contributed by atoms with E-state index in [4.69, 9.17) is 4.98 Å². The van der Waals surface area contributed by atoms with Crippen LogP contribution in [0.4, 0.5) is 11.4 Å². The van der Waals surface area contributed by atoms with Crippen LogP contribution in [0.25, 0.3) is 11.3 Å². The van der Waals surface area contributed by atoms with Crippen LogP contribution in [-0.2, 0) is 16.6 Å². The van der Waals surface area contributed by atoms with E-state index >= 15 is 0 Å². The van der Waals surface area contributed by atoms with Gasteiger partial charge in [-0.05, 0) is 42.7 Å². The van der Waals surface area contributed by atoms with E-state index in [-0.39, 0.29) is 22.6 Å². The predicted molar refractivity (Wildman–Crippen MR) is 142 cm³/mol. The van der Waals surface area contributed by atoms with Crippen molar-refractivity contribution in [3.8, 4) is 11.3 Å². The van der Waals surface area contributed by atoms with Crippen LogP contribution in [-0.4, -0.2) is 21.6 Å². The number of aromatic nitrogens is 2. The van der Waals surface area contributed by atoms with Gasteiger partial charge in [0.15, 0.2) is 5.16 Å². The molecule has 1 aliphatic rings. The van der Waals surface area contributed by atoms with Crippen molar-refractivity contribution in [1.29, 1.82) is 0 Å². The number of amides is 1. The molecule has 0 radical (unpaired) electrons. The monoisotopic (exact) mass is 481 g/mol. The molecule has 1 N–H and O–H groups in total. The molecule has 3 aromatic carbocycles. The van der Waals surface area contributed by atoms with Gasteiger partial charge in [0.1, 0.15) is 0 Å². The van der Waals surface area contributed by atoms with Crippen molar-refractivity contribution in [3.63, 3.8) is 0 Å². The molecule has 4 aromatic rings. The van der Waals surface area contributed by atoms with Gasteiger partial charge in [0.05, 0.1) is 11.4 Å². The number of rotatable bonds is 6. The summed E-state index contributed by atoms with van der Waals surface area (Å²) in [5.74, 6) is 0.0460. The summed E-state index contributed by atoms with van der Waals surface area (Å²) in [7, 11) is 0. The molecule has 0 spiro atoms. The first-order chi connectivity index (χ1) is 17.0. The third-order valence-corrected chi connectivity index (χ3v) is 7.60. The van der Waals surface area contributed by atoms with E-state index in [1.54, 1.807) is 4.90 Å². The van der Waals surface area contributed by atoms with Crippen molar-refractivity contribution >= 4 is 29.0 Å². The zero-order chi connectivity index (χ0) is 24.4. The number of carbonyl (C=O) groups excluding carboxylic acids is 1. The number of carbonyl (C=O) groups is 1. The second-order valence-corrected chi connectivity index (χ2v) is 10.00. The Morgan fingerprint density at radius 2 is 1.57 bits per heavy atom. The summed E-state index contributed by atoms with van der Waals surface area (Å²) in [4.78, 5) is 36.2. The van der Waals surface area contributed by atoms with Gasteiger partial charge in [-0.3, -0.25) is 14.5 Å². The molecule has 0 saturated heterocycles. The fourth-order valence-corrected chi connectivity index (χ4v) is 5.49. The molecule has 0 aliphatic heterocycles. The van der Waals surface area contributed by atoms with Crippen molar-refractivity contribution in [3.05, 3.63) is 106 Å². The van der Waals surface area contributed by atoms with Gasteiger partial charge in [-0.25, -0.2) is 4.98 Å². The Kier molecular flexibility index (Phi) is 6.31. The summed E-state index contributed by atoms with van der Waals surface area (Å²) in [6, 6.07) is 27.3. The molecule has 1 amide bonds. The van der Waals surface area contributed by atoms with Gasteiger partial charge in [0, 0.05) is 27.9 Å². The number of fused-ring (bicyclic) bond motifs is 3. The number of hydrogen-bond donors (Lipinski definition) is 1. The van der Waals surface area contributed by atoms with E-state index in [1.165, 1.54) is 17.3 Å². The largest absolute Gasteiger partial charge is 0.301 e. The summed E-state index contributed by atoms with van der Waals surface area (Å²) in [6.07, 6.45) is 1.65. The number of hydrogen-bond acceptors (Lipinski definition) is 4. The standard InChI is InChI=1S/C29H27N3O2S/c1-3-29(2)18-20-12-10-11-17-23(20)26-25(29)27(34)31-28(30-26)35-19-24(33)32(21-13-6-4-7-14-21)22-15-8-5-9-16-22/h4-17H,3,18-19H2,1-2H3,(H,30,31,34)/t29-/m0/s1. The normalized spacial score (nSPS) is 16.3. The minimum absolute atomic E-state index is 0.0911. The molecule has 35 heavy (non-hydrogen) atoms. The zero-order valence-corrected chi connectivity index (χ0v) is 20.6. The van der Waals surface area contributed by atoms with E-state index in [2.05, 4.69) is 24.9 Å². The van der Waals surface area contributed by atoms with Crippen LogP contribution in [0, 0.1) is 0 Å². The molecule has 0 saturated carbocycles. The third kappa shape index (κ3) is 4.42. The molecule has 1 heterocycles. The Morgan fingerprint density at radius 3 is 2.20 bits per heavy atom. The molecule has 0 unspecified atom stereocenters. The predicted octanol–water partition coefficient (Wildman–Crippen LogP) is 6.12. The zero-order valence-electron chi connectivity index (χ0n) is 19.8. The number of nitrogens with zero attached hydrogens (tertiary/aromatic N) is 2. The highest BCUT2D eigenvalue weighted by molar-refractivity contribution is 7.99. The van der Waals surface area contributed by atoms with Crippen LogP contribution in [0.1, 0.15) is 31.4 Å². The molecule has 1 aromatic heterocycles. The van der Waals surface area contributed by atoms with Crippen molar-refractivity contribution in [2.24, 2.45) is 0 Å². The topological polar surface area (TPSA) is 66.1 Å². The number of para-hydroxylation sites is 2. The van der Waals surface area contributed by atoms with Crippen LogP contribution >= 0.6 is 11.8 Å². The second-order valence-electron chi connectivity index (χ2n) is 9.03. The van der Waals surface area contributed by atoms with Gasteiger partial charge in [-0.1, -0.05) is 86.3 Å². The highest BCUT2D eigenvalue weighted by Crippen LogP contribution is 2.42. The van der Waals surface area contributed by atoms with Crippen molar-refractivity contribution in [1.82, 2.24) is 9.97 Å². The van der Waals surface area contributed by atoms with E-state index < -0.39 is 0 Å². The minimum Gasteiger partial charge on any atom is -0.301 e. The lowest BCUT2D eigenvalue weighted by Gasteiger charge is -2.35. The summed E-state index contributed by atoms with van der Waals surface area (Å²) in [5, 5.41) is 0.457. The Balaban J connectivity index is 1.47. The average Bonchev–Trinajstić information content (AvgIpc) is 2.89. The number of H-pyrrole nitrogens is 1. The van der Waals surface area contributed by atoms with Gasteiger partial charge >= 0.3 is 0 Å². The number of thioether (sulfide) groups is 1. The van der Waals surface area contributed by atoms with Gasteiger partial charge in [-0.15, -0.1) is 0 Å². The maximum Gasteiger partial charge on any atom is 0.255 e. The highest BCUT2D eigenvalue weighted by Gasteiger charge is 2.37. The van der Waals surface area contributed by atoms with E-state index in [9.17, 15) is 9.59 Å². The molecule has 1 aliphatic carbocycles. The van der Waals surface area contributed by atoms with Crippen molar-refractivity contribution in [2.75, 3.05) is 10.7 Å². The molecule has 0 fully saturated rings. The fourth-order valence-electron chi connectivity index (χ4n) is 4.78. The van der Waals surface area contributed by atoms with Crippen LogP contribution in [0.5, 0.6) is 0 Å². The quantitative estimate of drug-likeness (QED) is 0.266. The summed E-state index contributed by atoms with van der Waals surface area (Å²) in [5.41, 5.74) is 4.87. The van der Waals surface area contributed by atoms with Gasteiger partial charge in [0.25, 0.3) is 5.56 Å². The number of nitrogens with one attached hydrogen (secondary N) is 1. The smallest absolute Gasteiger partial charge is 0.255 e. The lowest BCUT2D eigenvalue weighted by Crippen LogP contribution is -2.36. The Hall–Kier alpha value is -3.64. The maximum atomic E-state index is 13.4. The van der Waals surface area contributed by atoms with Crippen LogP contribution in [0.15, 0.2) is 94.9 Å². The first-order valence-corrected chi connectivity index (χ1v) is 12.8. The van der Waals surface area contributed by atoms with Gasteiger partial charge < -0.3 is 4.98 Å². The molecule has 0 bridgehead atoms. The molecule has 5 rings (SSSR count). The van der Waals surface area contributed by atoms with Crippen molar-refractivity contribution in [2.45, 2.75) is 37.3 Å². The van der Waals surface area contributed by atoms with Gasteiger partial charge in [-0.2, -0.15) is 0 Å². The minimum atomic E-state index is -0.277. The molecule has 176 valence electrons. The summed E-state index contributed by atoms with van der Waals surface area (Å²) >= 11 is 1.26. The molecular formula is C29H27N3O2S.